The van der Waals surface area contributed by atoms with E-state index in [9.17, 15) is 0 Å². The zero-order valence-electron chi connectivity index (χ0n) is 19.6. The van der Waals surface area contributed by atoms with Crippen LogP contribution in [-0.2, 0) is 19.5 Å². The number of aromatic nitrogens is 2. The average Bonchev–Trinajstić information content (AvgIpc) is 3.17. The van der Waals surface area contributed by atoms with E-state index >= 15 is 0 Å². The molecule has 32 heavy (non-hydrogen) atoms. The number of rotatable bonds is 12. The van der Waals surface area contributed by atoms with E-state index in [1.165, 1.54) is 46.8 Å². The second kappa shape index (κ2) is 11.3. The molecular weight excluding hydrogens is 392 g/mol. The van der Waals surface area contributed by atoms with Gasteiger partial charge in [0.25, 0.3) is 0 Å². The molecule has 2 aromatic heterocycles. The highest BCUT2D eigenvalue weighted by molar-refractivity contribution is 6.08. The number of nitrogens with one attached hydrogen (secondary N) is 1. The number of nitrogens with zero attached hydrogens (tertiary/aromatic N) is 3. The summed E-state index contributed by atoms with van der Waals surface area (Å²) in [5, 5.41) is 6.28. The van der Waals surface area contributed by atoms with Crippen LogP contribution in [0.25, 0.3) is 21.8 Å². The number of hydrogen-bond acceptors (Lipinski definition) is 3. The lowest BCUT2D eigenvalue weighted by Gasteiger charge is -2.17. The van der Waals surface area contributed by atoms with Crippen molar-refractivity contribution in [1.82, 2.24) is 19.8 Å². The van der Waals surface area contributed by atoms with Crippen LogP contribution in [0.1, 0.15) is 37.9 Å². The molecule has 0 unspecified atom stereocenters. The van der Waals surface area contributed by atoms with Gasteiger partial charge in [-0.15, -0.1) is 0 Å². The van der Waals surface area contributed by atoms with Crippen molar-refractivity contribution >= 4 is 21.8 Å². The fraction of sp³-hybridized carbons (Fsp3) is 0.393. The highest BCUT2D eigenvalue weighted by atomic mass is 15.1. The summed E-state index contributed by atoms with van der Waals surface area (Å²) in [6.07, 6.45) is 5.42. The summed E-state index contributed by atoms with van der Waals surface area (Å²) in [7, 11) is 0. The molecule has 1 N–H and O–H groups in total. The van der Waals surface area contributed by atoms with Gasteiger partial charge in [-0.3, -0.25) is 4.98 Å². The number of aryl methyl sites for hydroxylation is 2. The van der Waals surface area contributed by atoms with Gasteiger partial charge < -0.3 is 14.8 Å². The minimum atomic E-state index is 0.810. The van der Waals surface area contributed by atoms with E-state index < -0.39 is 0 Å². The first-order chi connectivity index (χ1) is 15.8. The van der Waals surface area contributed by atoms with Crippen LogP contribution >= 0.6 is 0 Å². The van der Waals surface area contributed by atoms with Crippen LogP contribution in [0.15, 0.2) is 66.9 Å². The molecule has 4 aromatic rings. The van der Waals surface area contributed by atoms with Crippen LogP contribution in [0.2, 0.25) is 0 Å². The van der Waals surface area contributed by atoms with Crippen molar-refractivity contribution in [2.75, 3.05) is 26.2 Å². The Hall–Kier alpha value is -2.69. The Bertz CT molecular complexity index is 1110. The Kier molecular flexibility index (Phi) is 7.92. The smallest absolute Gasteiger partial charge is 0.0784 e. The lowest BCUT2D eigenvalue weighted by atomic mass is 10.1. The number of para-hydroxylation sites is 1. The Balaban J connectivity index is 1.50. The molecule has 0 saturated heterocycles. The van der Waals surface area contributed by atoms with Crippen LogP contribution in [0.3, 0.4) is 0 Å². The van der Waals surface area contributed by atoms with Crippen LogP contribution < -0.4 is 5.32 Å². The topological polar surface area (TPSA) is 33.1 Å². The number of hydrogen-bond donors (Lipinski definition) is 1. The molecule has 4 heteroatoms. The number of unbranched alkanes of at least 4 members (excludes halogenated alkanes) is 1. The maximum atomic E-state index is 4.80. The molecule has 0 saturated carbocycles. The van der Waals surface area contributed by atoms with Gasteiger partial charge in [0.05, 0.1) is 11.2 Å². The van der Waals surface area contributed by atoms with Gasteiger partial charge in [-0.25, -0.2) is 0 Å². The van der Waals surface area contributed by atoms with E-state index in [2.05, 4.69) is 89.3 Å². The summed E-state index contributed by atoms with van der Waals surface area (Å²) >= 11 is 0. The molecule has 4 rings (SSSR count). The quantitative estimate of drug-likeness (QED) is 0.296. The summed E-state index contributed by atoms with van der Waals surface area (Å²) < 4.78 is 2.47. The van der Waals surface area contributed by atoms with Gasteiger partial charge in [-0.1, -0.05) is 62.4 Å². The van der Waals surface area contributed by atoms with Crippen molar-refractivity contribution in [1.29, 1.82) is 0 Å². The van der Waals surface area contributed by atoms with Crippen molar-refractivity contribution in [3.05, 3.63) is 78.1 Å². The maximum absolute atomic E-state index is 4.80. The third kappa shape index (κ3) is 5.20. The molecule has 0 amide bonds. The minimum Gasteiger partial charge on any atom is -0.339 e. The Morgan fingerprint density at radius 2 is 1.66 bits per heavy atom. The molecule has 0 radical (unpaired) electrons. The Labute approximate surface area is 192 Å². The first-order valence-corrected chi connectivity index (χ1v) is 12.1. The first kappa shape index (κ1) is 22.5. The molecule has 0 atom stereocenters. The summed E-state index contributed by atoms with van der Waals surface area (Å²) in [5.41, 5.74) is 5.10. The SMILES string of the molecule is CCN(CC)CCCCNCc1nccc2c3ccccc3n(CCc3ccccc3)c12. The molecule has 2 aromatic carbocycles. The summed E-state index contributed by atoms with van der Waals surface area (Å²) in [4.78, 5) is 7.29. The Morgan fingerprint density at radius 3 is 2.47 bits per heavy atom. The standard InChI is InChI=1S/C28H36N4/c1-3-31(4-2)20-11-10-18-29-22-26-28-25(16-19-30-26)24-14-8-9-15-27(24)32(28)21-17-23-12-6-5-7-13-23/h5-9,12-16,19,29H,3-4,10-11,17-18,20-22H2,1-2H3. The lowest BCUT2D eigenvalue weighted by Crippen LogP contribution is -2.25. The number of fused-ring (bicyclic) bond motifs is 3. The number of pyridine rings is 1. The monoisotopic (exact) mass is 428 g/mol. The van der Waals surface area contributed by atoms with Crippen molar-refractivity contribution in [3.63, 3.8) is 0 Å². The first-order valence-electron chi connectivity index (χ1n) is 12.1. The van der Waals surface area contributed by atoms with E-state index in [0.29, 0.717) is 0 Å². The summed E-state index contributed by atoms with van der Waals surface area (Å²) in [6, 6.07) is 21.7. The average molecular weight is 429 g/mol. The van der Waals surface area contributed by atoms with Crippen LogP contribution in [0.5, 0.6) is 0 Å². The number of benzene rings is 2. The highest BCUT2D eigenvalue weighted by Crippen LogP contribution is 2.30. The molecule has 168 valence electrons. The maximum Gasteiger partial charge on any atom is 0.0784 e. The van der Waals surface area contributed by atoms with Gasteiger partial charge in [0.2, 0.25) is 0 Å². The lowest BCUT2D eigenvalue weighted by molar-refractivity contribution is 0.296. The zero-order chi connectivity index (χ0) is 22.2. The zero-order valence-corrected chi connectivity index (χ0v) is 19.6. The van der Waals surface area contributed by atoms with Crippen LogP contribution in [0.4, 0.5) is 0 Å². The van der Waals surface area contributed by atoms with Crippen molar-refractivity contribution in [2.45, 2.75) is 46.2 Å². The third-order valence-corrected chi connectivity index (χ3v) is 6.49. The van der Waals surface area contributed by atoms with Crippen molar-refractivity contribution < 1.29 is 0 Å². The fourth-order valence-electron chi connectivity index (χ4n) is 4.65. The fourth-order valence-corrected chi connectivity index (χ4v) is 4.65. The normalized spacial score (nSPS) is 11.7. The second-order valence-electron chi connectivity index (χ2n) is 8.47. The summed E-state index contributed by atoms with van der Waals surface area (Å²) in [5.74, 6) is 0. The van der Waals surface area contributed by atoms with Gasteiger partial charge in [-0.2, -0.15) is 0 Å². The van der Waals surface area contributed by atoms with E-state index in [4.69, 9.17) is 4.98 Å². The third-order valence-electron chi connectivity index (χ3n) is 6.49. The molecule has 0 bridgehead atoms. The van der Waals surface area contributed by atoms with Gasteiger partial charge in [0.1, 0.15) is 0 Å². The summed E-state index contributed by atoms with van der Waals surface area (Å²) in [6.45, 7) is 10.8. The molecular formula is C28H36N4. The highest BCUT2D eigenvalue weighted by Gasteiger charge is 2.14. The van der Waals surface area contributed by atoms with E-state index in [-0.39, 0.29) is 0 Å². The van der Waals surface area contributed by atoms with Gasteiger partial charge >= 0.3 is 0 Å². The predicted octanol–water partition coefficient (Wildman–Crippen LogP) is 5.64. The molecule has 4 nitrogen and oxygen atoms in total. The van der Waals surface area contributed by atoms with Crippen molar-refractivity contribution in [2.24, 2.45) is 0 Å². The van der Waals surface area contributed by atoms with Crippen LogP contribution in [-0.4, -0.2) is 40.6 Å². The molecule has 0 spiro atoms. The van der Waals surface area contributed by atoms with Crippen molar-refractivity contribution in [3.8, 4) is 0 Å². The Morgan fingerprint density at radius 1 is 0.875 bits per heavy atom. The molecule has 0 aliphatic carbocycles. The van der Waals surface area contributed by atoms with Gasteiger partial charge in [0.15, 0.2) is 0 Å². The van der Waals surface area contributed by atoms with Gasteiger partial charge in [0, 0.05) is 35.6 Å². The molecule has 0 aliphatic rings. The van der Waals surface area contributed by atoms with E-state index in [1.54, 1.807) is 0 Å². The van der Waals surface area contributed by atoms with E-state index in [1.807, 2.05) is 6.20 Å². The largest absolute Gasteiger partial charge is 0.339 e. The molecule has 2 heterocycles. The second-order valence-corrected chi connectivity index (χ2v) is 8.47. The molecule has 0 fully saturated rings. The van der Waals surface area contributed by atoms with Crippen LogP contribution in [0, 0.1) is 0 Å². The minimum absolute atomic E-state index is 0.810. The van der Waals surface area contributed by atoms with Gasteiger partial charge in [-0.05, 0) is 63.1 Å². The predicted molar refractivity (Wildman–Crippen MR) is 136 cm³/mol. The van der Waals surface area contributed by atoms with E-state index in [0.717, 1.165) is 44.8 Å². The molecule has 0 aliphatic heterocycles.